The van der Waals surface area contributed by atoms with Crippen LogP contribution >= 0.6 is 0 Å². The van der Waals surface area contributed by atoms with Crippen molar-refractivity contribution in [3.05, 3.63) is 89.7 Å². The maximum atomic E-state index is 13.4. The average Bonchev–Trinajstić information content (AvgIpc) is 2.84. The molecule has 2 saturated heterocycles. The number of aliphatic hydroxyl groups is 1. The Hall–Kier alpha value is -2.58. The van der Waals surface area contributed by atoms with E-state index in [0.29, 0.717) is 13.1 Å². The van der Waals surface area contributed by atoms with Crippen molar-refractivity contribution < 1.29 is 17.9 Å². The molecule has 7 heteroatoms. The summed E-state index contributed by atoms with van der Waals surface area (Å²) in [5.74, 6) is -0.420. The van der Waals surface area contributed by atoms with Crippen LogP contribution in [-0.2, 0) is 10.0 Å². The smallest absolute Gasteiger partial charge is 0.243 e. The lowest BCUT2D eigenvalue weighted by Gasteiger charge is -2.57. The molecule has 184 valence electrons. The van der Waals surface area contributed by atoms with Gasteiger partial charge in [-0.05, 0) is 72.8 Å². The Bertz CT molecular complexity index is 1280. The van der Waals surface area contributed by atoms with Gasteiger partial charge in [0.2, 0.25) is 10.0 Å². The van der Waals surface area contributed by atoms with Crippen LogP contribution in [0.4, 0.5) is 4.39 Å². The molecule has 3 aromatic rings. The second-order valence-corrected chi connectivity index (χ2v) is 11.5. The summed E-state index contributed by atoms with van der Waals surface area (Å²) in [6.45, 7) is 3.76. The van der Waals surface area contributed by atoms with Gasteiger partial charge in [-0.1, -0.05) is 48.5 Å². The Labute approximate surface area is 206 Å². The zero-order valence-electron chi connectivity index (χ0n) is 19.8. The van der Waals surface area contributed by atoms with Gasteiger partial charge < -0.3 is 5.11 Å². The van der Waals surface area contributed by atoms with Crippen molar-refractivity contribution in [2.45, 2.75) is 42.7 Å². The van der Waals surface area contributed by atoms with E-state index in [1.54, 1.807) is 4.31 Å². The topological polar surface area (TPSA) is 60.9 Å². The normalized spacial score (nSPS) is 23.7. The van der Waals surface area contributed by atoms with Crippen LogP contribution in [0.25, 0.3) is 11.1 Å². The van der Waals surface area contributed by atoms with E-state index in [9.17, 15) is 17.9 Å². The van der Waals surface area contributed by atoms with Crippen LogP contribution in [0, 0.1) is 12.7 Å². The Morgan fingerprint density at radius 1 is 0.943 bits per heavy atom. The van der Waals surface area contributed by atoms with Crippen LogP contribution in [0.15, 0.2) is 77.7 Å². The fourth-order valence-electron chi connectivity index (χ4n) is 5.66. The highest BCUT2D eigenvalue weighted by molar-refractivity contribution is 7.89. The zero-order chi connectivity index (χ0) is 24.6. The number of halogens is 1. The molecule has 5 nitrogen and oxygen atoms in total. The molecule has 0 radical (unpaired) electrons. The van der Waals surface area contributed by atoms with Gasteiger partial charge in [0.05, 0.1) is 11.5 Å². The summed E-state index contributed by atoms with van der Waals surface area (Å²) in [4.78, 5) is 2.37. The van der Waals surface area contributed by atoms with Crippen molar-refractivity contribution in [2.24, 2.45) is 0 Å². The number of fused-ring (bicyclic) bond motifs is 1. The lowest BCUT2D eigenvalue weighted by molar-refractivity contribution is -0.0553. The predicted octanol–water partition coefficient (Wildman–Crippen LogP) is 4.41. The second-order valence-electron chi connectivity index (χ2n) is 9.54. The minimum Gasteiger partial charge on any atom is -0.395 e. The van der Waals surface area contributed by atoms with Crippen molar-refractivity contribution in [3.63, 3.8) is 0 Å². The first-order valence-electron chi connectivity index (χ1n) is 12.2. The first-order valence-corrected chi connectivity index (χ1v) is 13.6. The van der Waals surface area contributed by atoms with Gasteiger partial charge in [0, 0.05) is 31.1 Å². The van der Waals surface area contributed by atoms with Gasteiger partial charge in [0.15, 0.2) is 0 Å². The maximum Gasteiger partial charge on any atom is 0.243 e. The third-order valence-electron chi connectivity index (χ3n) is 7.54. The Kier molecular flexibility index (Phi) is 6.77. The minimum absolute atomic E-state index is 0.0213. The number of aryl methyl sites for hydroxylation is 1. The summed E-state index contributed by atoms with van der Waals surface area (Å²) in [7, 11) is -3.74. The van der Waals surface area contributed by atoms with Crippen molar-refractivity contribution in [1.82, 2.24) is 9.21 Å². The molecular formula is C28H31FN2O3S. The van der Waals surface area contributed by atoms with Gasteiger partial charge in [-0.25, -0.2) is 12.8 Å². The van der Waals surface area contributed by atoms with Gasteiger partial charge in [-0.15, -0.1) is 0 Å². The van der Waals surface area contributed by atoms with E-state index in [4.69, 9.17) is 0 Å². The number of hydrogen-bond donors (Lipinski definition) is 1. The summed E-state index contributed by atoms with van der Waals surface area (Å²) in [6.07, 6.45) is 1.61. The molecule has 0 aromatic heterocycles. The minimum atomic E-state index is -3.74. The van der Waals surface area contributed by atoms with Gasteiger partial charge in [0.1, 0.15) is 5.82 Å². The molecule has 1 N–H and O–H groups in total. The molecule has 0 saturated carbocycles. The third-order valence-corrected chi connectivity index (χ3v) is 9.42. The van der Waals surface area contributed by atoms with Crippen molar-refractivity contribution in [3.8, 4) is 11.1 Å². The molecule has 0 unspecified atom stereocenters. The Balaban J connectivity index is 1.43. The van der Waals surface area contributed by atoms with Crippen molar-refractivity contribution in [1.29, 1.82) is 0 Å². The quantitative estimate of drug-likeness (QED) is 0.571. The Morgan fingerprint density at radius 3 is 2.31 bits per heavy atom. The number of aliphatic hydroxyl groups excluding tert-OH is 1. The first-order chi connectivity index (χ1) is 16.9. The van der Waals surface area contributed by atoms with Gasteiger partial charge >= 0.3 is 0 Å². The van der Waals surface area contributed by atoms with Crippen LogP contribution in [0.5, 0.6) is 0 Å². The van der Waals surface area contributed by atoms with E-state index in [-0.39, 0.29) is 29.5 Å². The average molecular weight is 495 g/mol. The summed E-state index contributed by atoms with van der Waals surface area (Å²) in [5, 5.41) is 10.2. The highest BCUT2D eigenvalue weighted by Gasteiger charge is 2.50. The molecule has 3 aromatic carbocycles. The van der Waals surface area contributed by atoms with Crippen LogP contribution < -0.4 is 0 Å². The number of hydrogen-bond acceptors (Lipinski definition) is 4. The van der Waals surface area contributed by atoms with Gasteiger partial charge in [0.25, 0.3) is 0 Å². The summed E-state index contributed by atoms with van der Waals surface area (Å²) < 4.78 is 41.7. The summed E-state index contributed by atoms with van der Waals surface area (Å²) >= 11 is 0. The summed E-state index contributed by atoms with van der Waals surface area (Å²) in [6, 6.07) is 21.7. The SMILES string of the molecule is Cc1ccccc1-c1ccc([C@@H]2[C@H](CO)N3CCCCN(S(=O)(=O)c4ccc(F)cc4)C[C@@H]23)cc1. The third kappa shape index (κ3) is 4.54. The van der Waals surface area contributed by atoms with Crippen LogP contribution in [-0.4, -0.2) is 61.1 Å². The molecule has 2 aliphatic rings. The van der Waals surface area contributed by atoms with Gasteiger partial charge in [-0.3, -0.25) is 4.90 Å². The molecule has 0 spiro atoms. The predicted molar refractivity (Wildman–Crippen MR) is 135 cm³/mol. The second kappa shape index (κ2) is 9.82. The van der Waals surface area contributed by atoms with E-state index in [0.717, 1.165) is 30.5 Å². The highest BCUT2D eigenvalue weighted by Crippen LogP contribution is 2.43. The van der Waals surface area contributed by atoms with Crippen molar-refractivity contribution >= 4 is 10.0 Å². The van der Waals surface area contributed by atoms with Crippen LogP contribution in [0.1, 0.15) is 29.9 Å². The largest absolute Gasteiger partial charge is 0.395 e. The lowest BCUT2D eigenvalue weighted by atomic mass is 9.74. The highest BCUT2D eigenvalue weighted by atomic mass is 32.2. The van der Waals surface area contributed by atoms with Crippen molar-refractivity contribution in [2.75, 3.05) is 26.2 Å². The molecule has 0 amide bonds. The molecule has 35 heavy (non-hydrogen) atoms. The first kappa shape index (κ1) is 24.1. The van der Waals surface area contributed by atoms with Crippen LogP contribution in [0.3, 0.4) is 0 Å². The summed E-state index contributed by atoms with van der Waals surface area (Å²) in [5.41, 5.74) is 4.66. The number of nitrogens with zero attached hydrogens (tertiary/aromatic N) is 2. The van der Waals surface area contributed by atoms with E-state index in [1.165, 1.54) is 35.4 Å². The van der Waals surface area contributed by atoms with Crippen LogP contribution in [0.2, 0.25) is 0 Å². The molecule has 5 rings (SSSR count). The fourth-order valence-corrected chi connectivity index (χ4v) is 7.16. The molecule has 2 heterocycles. The van der Waals surface area contributed by atoms with E-state index in [2.05, 4.69) is 48.2 Å². The Morgan fingerprint density at radius 2 is 1.63 bits per heavy atom. The molecule has 2 aliphatic heterocycles. The van der Waals surface area contributed by atoms with Gasteiger partial charge in [-0.2, -0.15) is 4.31 Å². The molecule has 0 aliphatic carbocycles. The zero-order valence-corrected chi connectivity index (χ0v) is 20.7. The molecular weight excluding hydrogens is 463 g/mol. The maximum absolute atomic E-state index is 13.4. The molecule has 2 fully saturated rings. The standard InChI is InChI=1S/C28H31FN2O3S/c1-20-6-2-3-7-25(20)21-8-10-22(11-9-21)28-26-18-30(16-4-5-17-31(26)27(28)19-32)35(33,34)24-14-12-23(29)13-15-24/h2-3,6-15,26-28,32H,4-5,16-19H2,1H3/t26-,27-,28-/m0/s1. The molecule has 3 atom stereocenters. The number of rotatable bonds is 5. The van der Waals surface area contributed by atoms with E-state index < -0.39 is 15.8 Å². The number of benzene rings is 3. The van der Waals surface area contributed by atoms with E-state index in [1.807, 2.05) is 12.1 Å². The fraction of sp³-hybridized carbons (Fsp3) is 0.357. The number of sulfonamides is 1. The monoisotopic (exact) mass is 494 g/mol. The molecule has 0 bridgehead atoms. The van der Waals surface area contributed by atoms with E-state index >= 15 is 0 Å². The lowest BCUT2D eigenvalue weighted by Crippen LogP contribution is -2.67.